The molecule has 0 bridgehead atoms. The van der Waals surface area contributed by atoms with Crippen LogP contribution in [-0.4, -0.2) is 16.0 Å². The predicted octanol–water partition coefficient (Wildman–Crippen LogP) is 3.32. The van der Waals surface area contributed by atoms with Gasteiger partial charge < -0.3 is 4.74 Å². The van der Waals surface area contributed by atoms with Crippen molar-refractivity contribution in [2.45, 2.75) is 56.5 Å². The lowest BCUT2D eigenvalue weighted by Crippen LogP contribution is -2.14. The van der Waals surface area contributed by atoms with Crippen molar-refractivity contribution in [3.05, 3.63) is 0 Å². The number of carbonyl (C=O) groups excluding carboxylic acids is 1. The molecule has 0 amide bonds. The smallest absolute Gasteiger partial charge is 0.305 e. The maximum absolute atomic E-state index is 10.9. The van der Waals surface area contributed by atoms with Crippen LogP contribution < -0.4 is 0 Å². The number of carbonyl (C=O) groups is 1. The number of rotatable bonds is 6. The Morgan fingerprint density at radius 2 is 2.00 bits per heavy atom. The van der Waals surface area contributed by atoms with E-state index in [-0.39, 0.29) is 12.1 Å². The van der Waals surface area contributed by atoms with Gasteiger partial charge in [0.25, 0.3) is 0 Å². The van der Waals surface area contributed by atoms with Crippen molar-refractivity contribution in [3.63, 3.8) is 0 Å². The third-order valence-corrected chi connectivity index (χ3v) is 2.46. The minimum absolute atomic E-state index is 0.0857. The molecule has 0 aliphatic carbocycles. The van der Waals surface area contributed by atoms with E-state index >= 15 is 0 Å². The van der Waals surface area contributed by atoms with E-state index in [4.69, 9.17) is 4.74 Å². The molecule has 0 aromatic heterocycles. The van der Waals surface area contributed by atoms with Crippen LogP contribution in [0.5, 0.6) is 0 Å². The maximum atomic E-state index is 10.9. The molecule has 0 N–H and O–H groups in total. The molecular weight excluding hydrogens is 279 g/mol. The monoisotopic (exact) mass is 298 g/mol. The molecule has 0 spiro atoms. The maximum Gasteiger partial charge on any atom is 0.305 e. The average molecular weight is 298 g/mol. The van der Waals surface area contributed by atoms with E-state index in [1.165, 1.54) is 6.42 Å². The third kappa shape index (κ3) is 8.53. The average Bonchev–Trinajstić information content (AvgIpc) is 2.03. The molecule has 2 unspecified atom stereocenters. The van der Waals surface area contributed by atoms with Gasteiger partial charge in [0.15, 0.2) is 0 Å². The van der Waals surface area contributed by atoms with Crippen LogP contribution >= 0.6 is 22.6 Å². The van der Waals surface area contributed by atoms with Crippen LogP contribution in [0.25, 0.3) is 0 Å². The first-order chi connectivity index (χ1) is 6.06. The Morgan fingerprint density at radius 1 is 1.38 bits per heavy atom. The lowest BCUT2D eigenvalue weighted by molar-refractivity contribution is -0.148. The second kappa shape index (κ2) is 7.59. The molecule has 3 heteroatoms. The van der Waals surface area contributed by atoms with Crippen molar-refractivity contribution >= 4 is 28.6 Å². The van der Waals surface area contributed by atoms with Crippen LogP contribution in [0.2, 0.25) is 0 Å². The van der Waals surface area contributed by atoms with Crippen molar-refractivity contribution in [2.24, 2.45) is 0 Å². The fraction of sp³-hybridized carbons (Fsp3) is 0.900. The van der Waals surface area contributed by atoms with E-state index < -0.39 is 0 Å². The molecule has 78 valence electrons. The summed E-state index contributed by atoms with van der Waals surface area (Å²) in [6, 6.07) is 0. The quantitative estimate of drug-likeness (QED) is 0.427. The van der Waals surface area contributed by atoms with Gasteiger partial charge in [-0.2, -0.15) is 0 Å². The summed E-state index contributed by atoms with van der Waals surface area (Å²) in [5, 5.41) is 0. The van der Waals surface area contributed by atoms with E-state index in [0.29, 0.717) is 10.3 Å². The second-order valence-electron chi connectivity index (χ2n) is 3.37. The fourth-order valence-corrected chi connectivity index (χ4v) is 1.49. The first-order valence-corrected chi connectivity index (χ1v) is 6.14. The van der Waals surface area contributed by atoms with E-state index in [0.717, 1.165) is 12.8 Å². The molecule has 0 fully saturated rings. The summed E-state index contributed by atoms with van der Waals surface area (Å²) < 4.78 is 5.85. The number of hydrogen-bond acceptors (Lipinski definition) is 2. The molecule has 0 rings (SSSR count). The lowest BCUT2D eigenvalue weighted by atomic mass is 10.1. The van der Waals surface area contributed by atoms with Crippen molar-refractivity contribution in [2.75, 3.05) is 0 Å². The van der Waals surface area contributed by atoms with Gasteiger partial charge in [-0.15, -0.1) is 0 Å². The Morgan fingerprint density at radius 3 is 2.46 bits per heavy atom. The van der Waals surface area contributed by atoms with Gasteiger partial charge >= 0.3 is 5.97 Å². The number of hydrogen-bond donors (Lipinski definition) is 0. The van der Waals surface area contributed by atoms with E-state index in [9.17, 15) is 4.79 Å². The molecule has 0 aliphatic rings. The Labute approximate surface area is 94.6 Å². The van der Waals surface area contributed by atoms with Crippen molar-refractivity contribution in [1.29, 1.82) is 0 Å². The summed E-state index contributed by atoms with van der Waals surface area (Å²) in [6.45, 7) is 5.98. The van der Waals surface area contributed by atoms with Crippen molar-refractivity contribution in [1.82, 2.24) is 0 Å². The van der Waals surface area contributed by atoms with Gasteiger partial charge in [0.1, 0.15) is 0 Å². The first kappa shape index (κ1) is 13.2. The van der Waals surface area contributed by atoms with Crippen LogP contribution in [0.1, 0.15) is 46.5 Å². The Hall–Kier alpha value is 0.200. The molecular formula is C10H19IO2. The van der Waals surface area contributed by atoms with Gasteiger partial charge in [-0.05, 0) is 26.2 Å². The zero-order valence-corrected chi connectivity index (χ0v) is 10.8. The molecule has 13 heavy (non-hydrogen) atoms. The number of ether oxygens (including phenoxy) is 1. The molecule has 0 saturated heterocycles. The highest BCUT2D eigenvalue weighted by Crippen LogP contribution is 2.12. The molecule has 0 heterocycles. The zero-order valence-electron chi connectivity index (χ0n) is 8.68. The topological polar surface area (TPSA) is 26.3 Å². The van der Waals surface area contributed by atoms with Crippen LogP contribution in [0, 0.1) is 0 Å². The third-order valence-electron chi connectivity index (χ3n) is 1.83. The van der Waals surface area contributed by atoms with Crippen molar-refractivity contribution < 1.29 is 9.53 Å². The molecule has 0 radical (unpaired) electrons. The molecule has 0 aromatic carbocycles. The first-order valence-electron chi connectivity index (χ1n) is 4.89. The summed E-state index contributed by atoms with van der Waals surface area (Å²) in [5.74, 6) is -0.0879. The minimum Gasteiger partial charge on any atom is -0.463 e. The van der Waals surface area contributed by atoms with Gasteiger partial charge in [-0.25, -0.2) is 0 Å². The van der Waals surface area contributed by atoms with Crippen LogP contribution in [0.15, 0.2) is 0 Å². The molecule has 0 aromatic rings. The Balaban J connectivity index is 3.40. The normalized spacial score (nSPS) is 15.1. The highest BCUT2D eigenvalue weighted by atomic mass is 127. The largest absolute Gasteiger partial charge is 0.463 e. The van der Waals surface area contributed by atoms with E-state index in [2.05, 4.69) is 29.5 Å². The standard InChI is InChI=1S/C10H19IO2/c1-4-10(12)13-9(3)7-5-6-8(2)11/h8-9H,4-7H2,1-3H3. The van der Waals surface area contributed by atoms with Gasteiger partial charge in [-0.3, -0.25) is 4.79 Å². The summed E-state index contributed by atoms with van der Waals surface area (Å²) in [7, 11) is 0. The SMILES string of the molecule is CCC(=O)OC(C)CCCC(C)I. The number of alkyl halides is 1. The highest BCUT2D eigenvalue weighted by molar-refractivity contribution is 14.1. The Bertz CT molecular complexity index is 146. The van der Waals surface area contributed by atoms with Crippen LogP contribution in [-0.2, 0) is 9.53 Å². The van der Waals surface area contributed by atoms with Gasteiger partial charge in [-0.1, -0.05) is 36.4 Å². The fourth-order valence-electron chi connectivity index (χ4n) is 1.05. The summed E-state index contributed by atoms with van der Waals surface area (Å²) in [5.41, 5.74) is 0. The molecule has 0 aliphatic heterocycles. The summed E-state index contributed by atoms with van der Waals surface area (Å²) in [6.07, 6.45) is 3.89. The molecule has 2 nitrogen and oxygen atoms in total. The zero-order chi connectivity index (χ0) is 10.3. The lowest BCUT2D eigenvalue weighted by Gasteiger charge is -2.12. The number of halogens is 1. The Kier molecular flexibility index (Phi) is 7.71. The predicted molar refractivity (Wildman–Crippen MR) is 63.2 cm³/mol. The summed E-state index contributed by atoms with van der Waals surface area (Å²) in [4.78, 5) is 10.9. The summed E-state index contributed by atoms with van der Waals surface area (Å²) >= 11 is 2.41. The van der Waals surface area contributed by atoms with Crippen LogP contribution in [0.4, 0.5) is 0 Å². The van der Waals surface area contributed by atoms with E-state index in [1.807, 2.05) is 13.8 Å². The van der Waals surface area contributed by atoms with Crippen LogP contribution in [0.3, 0.4) is 0 Å². The van der Waals surface area contributed by atoms with Gasteiger partial charge in [0.05, 0.1) is 6.10 Å². The minimum atomic E-state index is -0.0879. The van der Waals surface area contributed by atoms with E-state index in [1.54, 1.807) is 0 Å². The van der Waals surface area contributed by atoms with Gasteiger partial charge in [0.2, 0.25) is 0 Å². The van der Waals surface area contributed by atoms with Gasteiger partial charge in [0, 0.05) is 10.3 Å². The second-order valence-corrected chi connectivity index (χ2v) is 5.49. The molecule has 0 saturated carbocycles. The van der Waals surface area contributed by atoms with Crippen molar-refractivity contribution in [3.8, 4) is 0 Å². The highest BCUT2D eigenvalue weighted by Gasteiger charge is 2.07. The molecule has 2 atom stereocenters. The number of esters is 1.